The van der Waals surface area contributed by atoms with Crippen molar-refractivity contribution in [2.75, 3.05) is 0 Å². The number of carbonyl (C=O) groups is 1. The van der Waals surface area contributed by atoms with Crippen LogP contribution in [-0.4, -0.2) is 31.0 Å². The molecule has 31 heavy (non-hydrogen) atoms. The van der Waals surface area contributed by atoms with Crippen molar-refractivity contribution >= 4 is 22.4 Å². The zero-order valence-corrected chi connectivity index (χ0v) is 17.3. The van der Waals surface area contributed by atoms with Gasteiger partial charge in [0.1, 0.15) is 0 Å². The van der Waals surface area contributed by atoms with Crippen molar-refractivity contribution in [3.05, 3.63) is 88.9 Å². The average molecular weight is 414 g/mol. The molecule has 0 saturated heterocycles. The first kappa shape index (κ1) is 20.2. The Morgan fingerprint density at radius 2 is 1.84 bits per heavy atom. The van der Waals surface area contributed by atoms with Gasteiger partial charge in [-0.05, 0) is 37.1 Å². The topological polar surface area (TPSA) is 94.2 Å². The molecule has 0 unspecified atom stereocenters. The Morgan fingerprint density at radius 3 is 2.52 bits per heavy atom. The zero-order valence-electron chi connectivity index (χ0n) is 17.3. The Hall–Kier alpha value is -4.07. The maximum Gasteiger partial charge on any atom is 0.292 e. The predicted octanol–water partition coefficient (Wildman–Crippen LogP) is 3.15. The van der Waals surface area contributed by atoms with Gasteiger partial charge in [-0.2, -0.15) is 10.2 Å². The maximum absolute atomic E-state index is 12.9. The Bertz CT molecular complexity index is 1300. The van der Waals surface area contributed by atoms with Crippen LogP contribution in [0.4, 0.5) is 0 Å². The van der Waals surface area contributed by atoms with E-state index in [-0.39, 0.29) is 11.3 Å². The molecule has 2 heterocycles. The van der Waals surface area contributed by atoms with Crippen molar-refractivity contribution in [3.63, 3.8) is 0 Å². The number of rotatable bonds is 6. The molecule has 0 saturated carbocycles. The minimum Gasteiger partial charge on any atom is -0.306 e. The number of nitrogens with one attached hydrogen (secondary N) is 1. The van der Waals surface area contributed by atoms with E-state index in [1.54, 1.807) is 36.8 Å². The van der Waals surface area contributed by atoms with Crippen LogP contribution in [-0.2, 0) is 6.54 Å². The average Bonchev–Trinajstić information content (AvgIpc) is 3.34. The number of imidazole rings is 1. The third kappa shape index (κ3) is 4.13. The van der Waals surface area contributed by atoms with E-state index in [4.69, 9.17) is 0 Å². The normalized spacial score (nSPS) is 11.6. The van der Waals surface area contributed by atoms with Crippen LogP contribution in [0.5, 0.6) is 0 Å². The Morgan fingerprint density at radius 1 is 1.10 bits per heavy atom. The highest BCUT2D eigenvalue weighted by Gasteiger charge is 2.16. The predicted molar refractivity (Wildman–Crippen MR) is 120 cm³/mol. The SMILES string of the molecule is CCCn1nc(C(=O)N/N=C(\C)c2ccc(-n3ccnc3)cc2)c2ccccc2c1=O. The summed E-state index contributed by atoms with van der Waals surface area (Å²) in [6.07, 6.45) is 6.05. The van der Waals surface area contributed by atoms with Crippen molar-refractivity contribution < 1.29 is 4.79 Å². The van der Waals surface area contributed by atoms with Gasteiger partial charge in [0, 0.05) is 30.0 Å². The Kier molecular flexibility index (Phi) is 5.70. The van der Waals surface area contributed by atoms with E-state index in [9.17, 15) is 9.59 Å². The number of benzene rings is 2. The van der Waals surface area contributed by atoms with Gasteiger partial charge in [-0.25, -0.2) is 15.1 Å². The molecule has 0 aliphatic carbocycles. The minimum atomic E-state index is -0.463. The van der Waals surface area contributed by atoms with Gasteiger partial charge in [0.05, 0.1) is 17.4 Å². The summed E-state index contributed by atoms with van der Waals surface area (Å²) >= 11 is 0. The summed E-state index contributed by atoms with van der Waals surface area (Å²) in [4.78, 5) is 29.5. The van der Waals surface area contributed by atoms with Gasteiger partial charge in [-0.15, -0.1) is 0 Å². The van der Waals surface area contributed by atoms with Crippen LogP contribution in [0.25, 0.3) is 16.5 Å². The fourth-order valence-electron chi connectivity index (χ4n) is 3.30. The summed E-state index contributed by atoms with van der Waals surface area (Å²) in [6, 6.07) is 14.7. The molecule has 0 bridgehead atoms. The monoisotopic (exact) mass is 414 g/mol. The molecule has 8 nitrogen and oxygen atoms in total. The van der Waals surface area contributed by atoms with Crippen LogP contribution in [0.3, 0.4) is 0 Å². The van der Waals surface area contributed by atoms with Crippen molar-refractivity contribution in [2.45, 2.75) is 26.8 Å². The first-order chi connectivity index (χ1) is 15.1. The molecule has 0 fully saturated rings. The number of carbonyl (C=O) groups excluding carboxylic acids is 1. The molecule has 0 radical (unpaired) electrons. The van der Waals surface area contributed by atoms with Crippen molar-refractivity contribution in [3.8, 4) is 5.69 Å². The fourth-order valence-corrected chi connectivity index (χ4v) is 3.30. The van der Waals surface area contributed by atoms with Crippen LogP contribution < -0.4 is 11.0 Å². The molecular formula is C23H22N6O2. The Labute approximate surface area is 178 Å². The largest absolute Gasteiger partial charge is 0.306 e. The molecule has 1 N–H and O–H groups in total. The van der Waals surface area contributed by atoms with Gasteiger partial charge in [0.25, 0.3) is 11.5 Å². The van der Waals surface area contributed by atoms with Crippen LogP contribution in [0.2, 0.25) is 0 Å². The van der Waals surface area contributed by atoms with E-state index in [1.165, 1.54) is 4.68 Å². The van der Waals surface area contributed by atoms with Gasteiger partial charge >= 0.3 is 0 Å². The molecule has 0 aliphatic rings. The van der Waals surface area contributed by atoms with E-state index in [2.05, 4.69) is 20.6 Å². The van der Waals surface area contributed by atoms with Crippen LogP contribution >= 0.6 is 0 Å². The highest BCUT2D eigenvalue weighted by molar-refractivity contribution is 6.06. The Balaban J connectivity index is 1.59. The lowest BCUT2D eigenvalue weighted by Gasteiger charge is -2.10. The molecule has 2 aromatic carbocycles. The van der Waals surface area contributed by atoms with Crippen molar-refractivity contribution in [1.29, 1.82) is 0 Å². The molecule has 4 rings (SSSR count). The molecule has 0 atom stereocenters. The van der Waals surface area contributed by atoms with Crippen molar-refractivity contribution in [2.24, 2.45) is 5.10 Å². The second-order valence-corrected chi connectivity index (χ2v) is 7.08. The molecule has 0 spiro atoms. The molecular weight excluding hydrogens is 392 g/mol. The lowest BCUT2D eigenvalue weighted by molar-refractivity contribution is 0.0949. The third-order valence-corrected chi connectivity index (χ3v) is 4.93. The number of hydrazone groups is 1. The molecule has 1 amide bonds. The summed E-state index contributed by atoms with van der Waals surface area (Å²) in [6.45, 7) is 4.21. The highest BCUT2D eigenvalue weighted by Crippen LogP contribution is 2.14. The van der Waals surface area contributed by atoms with E-state index >= 15 is 0 Å². The number of hydrogen-bond acceptors (Lipinski definition) is 5. The van der Waals surface area contributed by atoms with Crippen molar-refractivity contribution in [1.82, 2.24) is 24.8 Å². The first-order valence-corrected chi connectivity index (χ1v) is 10.0. The van der Waals surface area contributed by atoms with E-state index < -0.39 is 5.91 Å². The summed E-state index contributed by atoms with van der Waals surface area (Å²) in [5.74, 6) is -0.463. The molecule has 0 aliphatic heterocycles. The summed E-state index contributed by atoms with van der Waals surface area (Å²) in [7, 11) is 0. The number of fused-ring (bicyclic) bond motifs is 1. The lowest BCUT2D eigenvalue weighted by Crippen LogP contribution is -2.29. The van der Waals surface area contributed by atoms with Gasteiger partial charge in [-0.1, -0.05) is 37.3 Å². The molecule has 4 aromatic rings. The van der Waals surface area contributed by atoms with Gasteiger partial charge in [-0.3, -0.25) is 9.59 Å². The van der Waals surface area contributed by atoms with E-state index in [0.29, 0.717) is 23.0 Å². The standard InChI is InChI=1S/C23H22N6O2/c1-3-13-29-23(31)20-7-5-4-6-19(20)21(27-29)22(30)26-25-16(2)17-8-10-18(11-9-17)28-14-12-24-15-28/h4-12,14-15H,3,13H2,1-2H3,(H,26,30)/b25-16+. The second kappa shape index (κ2) is 8.74. The quantitative estimate of drug-likeness (QED) is 0.387. The van der Waals surface area contributed by atoms with Gasteiger partial charge in [0.15, 0.2) is 5.69 Å². The molecule has 8 heteroatoms. The molecule has 2 aromatic heterocycles. The number of aryl methyl sites for hydroxylation is 1. The van der Waals surface area contributed by atoms with Crippen LogP contribution in [0.1, 0.15) is 36.3 Å². The number of hydrogen-bond donors (Lipinski definition) is 1. The second-order valence-electron chi connectivity index (χ2n) is 7.08. The lowest BCUT2D eigenvalue weighted by atomic mass is 10.1. The van der Waals surface area contributed by atoms with E-state index in [0.717, 1.165) is 17.7 Å². The van der Waals surface area contributed by atoms with Crippen LogP contribution in [0, 0.1) is 0 Å². The van der Waals surface area contributed by atoms with Gasteiger partial charge < -0.3 is 4.57 Å². The maximum atomic E-state index is 12.9. The summed E-state index contributed by atoms with van der Waals surface area (Å²) < 4.78 is 3.24. The van der Waals surface area contributed by atoms with Crippen LogP contribution in [0.15, 0.2) is 77.1 Å². The summed E-state index contributed by atoms with van der Waals surface area (Å²) in [5, 5.41) is 9.51. The highest BCUT2D eigenvalue weighted by atomic mass is 16.2. The van der Waals surface area contributed by atoms with Gasteiger partial charge in [0.2, 0.25) is 0 Å². The smallest absolute Gasteiger partial charge is 0.292 e. The first-order valence-electron chi connectivity index (χ1n) is 10.0. The minimum absolute atomic E-state index is 0.177. The third-order valence-electron chi connectivity index (χ3n) is 4.93. The molecule has 156 valence electrons. The number of aromatic nitrogens is 4. The van der Waals surface area contributed by atoms with E-state index in [1.807, 2.05) is 48.9 Å². The summed E-state index contributed by atoms with van der Waals surface area (Å²) in [5.41, 5.74) is 5.05. The number of nitrogens with zero attached hydrogens (tertiary/aromatic N) is 5. The zero-order chi connectivity index (χ0) is 21.8. The fraction of sp³-hybridized carbons (Fsp3) is 0.174. The number of amides is 1.